The number of hydrogen-bond donors (Lipinski definition) is 10. The second-order valence-corrected chi connectivity index (χ2v) is 21.5. The molecule has 478 valence electrons. The molecule has 1 aromatic rings. The number of allylic oxidation sites excluding steroid dienone is 5. The van der Waals surface area contributed by atoms with Gasteiger partial charge in [0.2, 0.25) is 35.8 Å². The highest BCUT2D eigenvalue weighted by Gasteiger charge is 2.48. The lowest BCUT2D eigenvalue weighted by atomic mass is 9.93. The average Bonchev–Trinajstić information content (AvgIpc) is 1.90. The molecule has 1 aromatic carbocycles. The maximum atomic E-state index is 13.2. The number of aliphatic hydroxyl groups is 5. The molecule has 3 aliphatic rings. The summed E-state index contributed by atoms with van der Waals surface area (Å²) in [4.78, 5) is 120. The van der Waals surface area contributed by atoms with Crippen LogP contribution < -0.4 is 15.4 Å². The zero-order valence-corrected chi connectivity index (χ0v) is 48.9. The Bertz CT molecular complexity index is 2640. The van der Waals surface area contributed by atoms with Crippen LogP contribution >= 0.6 is 7.82 Å². The minimum Gasteiger partial charge on any atom is -0.479 e. The Kier molecular flexibility index (Phi) is 30.6. The third-order valence-electron chi connectivity index (χ3n) is 13.1. The largest absolute Gasteiger partial charge is 0.479 e. The van der Waals surface area contributed by atoms with E-state index in [-0.39, 0.29) is 139 Å². The summed E-state index contributed by atoms with van der Waals surface area (Å²) in [7, 11) is -3.53. The van der Waals surface area contributed by atoms with Crippen molar-refractivity contribution in [2.75, 3.05) is 71.6 Å². The van der Waals surface area contributed by atoms with Gasteiger partial charge in [0, 0.05) is 77.1 Å². The molecule has 5 amide bonds. The Morgan fingerprint density at radius 2 is 1.60 bits per heavy atom. The van der Waals surface area contributed by atoms with Crippen molar-refractivity contribution in [2.45, 2.75) is 133 Å². The van der Waals surface area contributed by atoms with Crippen molar-refractivity contribution >= 4 is 61.0 Å². The molecule has 86 heavy (non-hydrogen) atoms. The quantitative estimate of drug-likeness (QED) is 0.0107. The fourth-order valence-electron chi connectivity index (χ4n) is 8.33. The number of benzene rings is 1. The number of carbonyl (C=O) groups excluding carboxylic acids is 7. The number of phosphoric ester groups is 1. The molecule has 3 heterocycles. The van der Waals surface area contributed by atoms with Crippen molar-refractivity contribution in [2.24, 2.45) is 5.92 Å². The van der Waals surface area contributed by atoms with E-state index >= 15 is 0 Å². The fraction of sp³-hybridized carbons (Fsp3) is 0.571. The Morgan fingerprint density at radius 3 is 2.28 bits per heavy atom. The maximum absolute atomic E-state index is 13.2. The second kappa shape index (κ2) is 36.5. The normalized spacial score (nSPS) is 22.3. The number of likely N-dealkylation sites (tertiary alicyclic amines) is 1. The zero-order chi connectivity index (χ0) is 63.4. The number of rotatable bonds is 38. The highest BCUT2D eigenvalue weighted by molar-refractivity contribution is 7.46. The van der Waals surface area contributed by atoms with E-state index < -0.39 is 98.6 Å². The Labute approximate surface area is 496 Å². The summed E-state index contributed by atoms with van der Waals surface area (Å²) in [6.07, 6.45) is 1.85. The van der Waals surface area contributed by atoms with E-state index in [9.17, 15) is 83.3 Å². The molecule has 2 saturated heterocycles. The third-order valence-corrected chi connectivity index (χ3v) is 13.7. The number of carboxylic acids is 1. The molecule has 1 unspecified atom stereocenters. The molecule has 2 fully saturated rings. The van der Waals surface area contributed by atoms with Crippen molar-refractivity contribution in [3.63, 3.8) is 0 Å². The van der Waals surface area contributed by atoms with Gasteiger partial charge in [-0.3, -0.25) is 38.2 Å². The van der Waals surface area contributed by atoms with Crippen LogP contribution in [0.3, 0.4) is 0 Å². The minimum absolute atomic E-state index is 0.0328. The number of nitrogens with one attached hydrogen (secondary N) is 2. The topological polar surface area (TPSA) is 420 Å². The summed E-state index contributed by atoms with van der Waals surface area (Å²) in [5.74, 6) is -5.04. The van der Waals surface area contributed by atoms with E-state index in [1.807, 2.05) is 0 Å². The van der Waals surface area contributed by atoms with Crippen LogP contribution in [0.15, 0.2) is 79.0 Å². The summed E-state index contributed by atoms with van der Waals surface area (Å²) in [5.41, 5.74) is -1.72. The average molecular weight is 1240 g/mol. The number of anilines is 1. The van der Waals surface area contributed by atoms with E-state index in [1.54, 1.807) is 44.4 Å². The van der Waals surface area contributed by atoms with Crippen LogP contribution in [-0.4, -0.2) is 219 Å². The van der Waals surface area contributed by atoms with Gasteiger partial charge in [-0.25, -0.2) is 14.2 Å². The monoisotopic (exact) mass is 1240 g/mol. The first-order valence-electron chi connectivity index (χ1n) is 27.7. The number of aliphatic carboxylic acids is 1. The Morgan fingerprint density at radius 1 is 0.907 bits per heavy atom. The number of amides is 5. The molecular weight excluding hydrogens is 1160 g/mol. The number of carbonyl (C=O) groups is 8. The highest BCUT2D eigenvalue weighted by Crippen LogP contribution is 2.42. The van der Waals surface area contributed by atoms with Gasteiger partial charge < -0.3 is 89.1 Å². The first-order chi connectivity index (χ1) is 40.7. The van der Waals surface area contributed by atoms with Crippen LogP contribution in [0.2, 0.25) is 0 Å². The van der Waals surface area contributed by atoms with Gasteiger partial charge in [0.1, 0.15) is 48.5 Å². The van der Waals surface area contributed by atoms with Gasteiger partial charge in [-0.15, -0.1) is 0 Å². The summed E-state index contributed by atoms with van der Waals surface area (Å²) >= 11 is 0. The molecule has 30 heteroatoms. The highest BCUT2D eigenvalue weighted by atomic mass is 31.2. The maximum Gasteiger partial charge on any atom is 0.469 e. The van der Waals surface area contributed by atoms with Crippen LogP contribution in [0.4, 0.5) is 5.69 Å². The van der Waals surface area contributed by atoms with Crippen molar-refractivity contribution in [3.05, 3.63) is 84.5 Å². The molecule has 0 aromatic heterocycles. The van der Waals surface area contributed by atoms with Gasteiger partial charge in [-0.05, 0) is 43.5 Å². The predicted octanol–water partition coefficient (Wildman–Crippen LogP) is 0.376. The molecule has 0 bridgehead atoms. The second-order valence-electron chi connectivity index (χ2n) is 20.3. The number of hydrogen-bond acceptors (Lipinski definition) is 22. The first-order valence-corrected chi connectivity index (χ1v) is 29.2. The third kappa shape index (κ3) is 26.2. The standard InChI is InChI=1S/C56H79N4O25P/c1-36-32-46(65)60(53(36)71)25-27-79-29-31-80-30-28-78-26-21-43(62)57-23-20-44(63)58-40-33-37(17-18-41(40)83-55-51(70)49(68)50(69)52(84-55)54(72)73)35-81-47(66)16-11-24-59(3)45(64)14-9-7-5-4-6-8-12-38(61)34-42(85-86(75,76)77)56(2,74)22-19-39-13-10-15-48(67)82-39/h4-8,10,12,15,17-19,22,33,36,38-39,42,49-52,55,61,68-70,74H,9,11,13-14,16,20-21,23-32,34-35H2,1-3H3,(H,57,62)(H,58,63)(H,72,73)(H2,75,76,77)/b6-4-,7-5+,12-8-,22-19+/t36?,38-,39-,42-,49+,50+,51-,52+,55-,56-/m1/s1. The lowest BCUT2D eigenvalue weighted by Crippen LogP contribution is -2.61. The lowest BCUT2D eigenvalue weighted by molar-refractivity contribution is -0.271. The number of cyclic esters (lactones) is 1. The molecule has 0 saturated carbocycles. The van der Waals surface area contributed by atoms with Gasteiger partial charge in [0.15, 0.2) is 6.10 Å². The number of carboxylic acid groups (broad SMARTS) is 1. The molecule has 0 spiro atoms. The van der Waals surface area contributed by atoms with Crippen LogP contribution in [0.25, 0.3) is 0 Å². The number of imide groups is 1. The zero-order valence-electron chi connectivity index (χ0n) is 48.0. The Hall–Kier alpha value is -6.57. The van der Waals surface area contributed by atoms with Crippen molar-refractivity contribution in [1.82, 2.24) is 15.1 Å². The molecule has 10 N–H and O–H groups in total. The fourth-order valence-corrected chi connectivity index (χ4v) is 8.96. The first kappa shape index (κ1) is 71.9. The Balaban J connectivity index is 1.17. The summed E-state index contributed by atoms with van der Waals surface area (Å²) < 4.78 is 54.2. The number of nitrogens with zero attached hydrogens (tertiary/aromatic N) is 2. The molecule has 29 nitrogen and oxygen atoms in total. The molecule has 0 aliphatic carbocycles. The van der Waals surface area contributed by atoms with E-state index in [1.165, 1.54) is 65.3 Å². The molecule has 4 rings (SSSR count). The van der Waals surface area contributed by atoms with Gasteiger partial charge in [0.05, 0.1) is 58.0 Å². The smallest absolute Gasteiger partial charge is 0.469 e. The minimum atomic E-state index is -5.10. The lowest BCUT2D eigenvalue weighted by Gasteiger charge is -2.38. The summed E-state index contributed by atoms with van der Waals surface area (Å²) in [5, 5.41) is 67.3. The number of aliphatic hydroxyl groups excluding tert-OH is 4. The van der Waals surface area contributed by atoms with Crippen LogP contribution in [-0.2, 0) is 82.5 Å². The molecular formula is C56H79N4O25P. The van der Waals surface area contributed by atoms with Gasteiger partial charge >= 0.3 is 25.7 Å². The summed E-state index contributed by atoms with van der Waals surface area (Å²) in [6.45, 7) is 4.04. The number of ether oxygens (including phenoxy) is 7. The van der Waals surface area contributed by atoms with Crippen LogP contribution in [0.5, 0.6) is 5.75 Å². The van der Waals surface area contributed by atoms with Gasteiger partial charge in [-0.1, -0.05) is 61.6 Å². The molecule has 3 aliphatic heterocycles. The van der Waals surface area contributed by atoms with Crippen LogP contribution in [0, 0.1) is 5.92 Å². The molecule has 10 atom stereocenters. The predicted molar refractivity (Wildman–Crippen MR) is 299 cm³/mol. The van der Waals surface area contributed by atoms with Crippen molar-refractivity contribution in [3.8, 4) is 5.75 Å². The SMILES string of the molecule is CC1CC(=O)N(CCOCCOCCOCCC(=O)NCCC(=O)Nc2cc(COC(=O)CCCN(C)C(=O)CC/C=C/C=C\C=C/[C@@H](O)C[C@@H](OP(=O)(O)O)[C@](C)(O)/C=C/[C@H]3CC=CC(=O)O3)ccc2O[C@@H]2O[C@H](C(=O)O)[C@@H](O)[C@H](O)[C@H]2O)C1=O. The van der Waals surface area contributed by atoms with E-state index in [4.69, 9.17) is 37.7 Å². The molecule has 0 radical (unpaired) electrons. The van der Waals surface area contributed by atoms with Crippen molar-refractivity contribution < 1.29 is 121 Å². The van der Waals surface area contributed by atoms with Crippen LogP contribution in [0.1, 0.15) is 77.2 Å². The van der Waals surface area contributed by atoms with E-state index in [0.29, 0.717) is 18.4 Å². The van der Waals surface area contributed by atoms with Gasteiger partial charge in [0.25, 0.3) is 0 Å². The van der Waals surface area contributed by atoms with E-state index in [0.717, 1.165) is 0 Å². The number of esters is 2. The number of phosphoric acid groups is 1. The van der Waals surface area contributed by atoms with Gasteiger partial charge in [-0.2, -0.15) is 0 Å². The van der Waals surface area contributed by atoms with E-state index in [2.05, 4.69) is 10.6 Å². The van der Waals surface area contributed by atoms with Crippen molar-refractivity contribution in [1.29, 1.82) is 0 Å². The summed E-state index contributed by atoms with van der Waals surface area (Å²) in [6, 6.07) is 4.09.